The summed E-state index contributed by atoms with van der Waals surface area (Å²) >= 11 is 0. The number of carbonyl (C=O) groups excluding carboxylic acids is 2. The summed E-state index contributed by atoms with van der Waals surface area (Å²) in [5.41, 5.74) is 0.544. The van der Waals surface area contributed by atoms with E-state index < -0.39 is 16.7 Å². The lowest BCUT2D eigenvalue weighted by molar-refractivity contribution is -0.384. The molecular weight excluding hydrogens is 330 g/mol. The Bertz CT molecular complexity index is 875. The van der Waals surface area contributed by atoms with Crippen LogP contribution < -0.4 is 9.47 Å². The highest BCUT2D eigenvalue weighted by atomic mass is 16.7. The van der Waals surface area contributed by atoms with Gasteiger partial charge in [0.25, 0.3) is 5.69 Å². The van der Waals surface area contributed by atoms with Crippen LogP contribution in [0.4, 0.5) is 5.69 Å². The maximum absolute atomic E-state index is 12.8. The predicted octanol–water partition coefficient (Wildman–Crippen LogP) is 2.27. The fourth-order valence-electron chi connectivity index (χ4n) is 2.49. The second-order valence-corrected chi connectivity index (χ2v) is 5.25. The van der Waals surface area contributed by atoms with Gasteiger partial charge in [0.2, 0.25) is 6.79 Å². The van der Waals surface area contributed by atoms with E-state index >= 15 is 0 Å². The number of rotatable bonds is 5. The number of ether oxygens (including phenoxy) is 3. The van der Waals surface area contributed by atoms with Crippen molar-refractivity contribution < 1.29 is 28.7 Å². The number of hydrogen-bond donors (Lipinski definition) is 0. The van der Waals surface area contributed by atoms with Gasteiger partial charge in [-0.05, 0) is 17.7 Å². The zero-order valence-electron chi connectivity index (χ0n) is 13.2. The van der Waals surface area contributed by atoms with Gasteiger partial charge >= 0.3 is 5.97 Å². The van der Waals surface area contributed by atoms with Gasteiger partial charge in [-0.15, -0.1) is 0 Å². The summed E-state index contributed by atoms with van der Waals surface area (Å²) < 4.78 is 15.2. The summed E-state index contributed by atoms with van der Waals surface area (Å²) in [5, 5.41) is 10.9. The summed E-state index contributed by atoms with van der Waals surface area (Å²) in [6.45, 7) is 0.0153. The summed E-state index contributed by atoms with van der Waals surface area (Å²) in [4.78, 5) is 34.8. The fourth-order valence-corrected chi connectivity index (χ4v) is 2.49. The van der Waals surface area contributed by atoms with Crippen LogP contribution in [0.25, 0.3) is 0 Å². The van der Waals surface area contributed by atoms with Gasteiger partial charge in [0.15, 0.2) is 17.3 Å². The third-order valence-corrected chi connectivity index (χ3v) is 3.72. The number of non-ortho nitro benzene ring substituents is 1. The van der Waals surface area contributed by atoms with Crippen LogP contribution in [0.15, 0.2) is 36.4 Å². The van der Waals surface area contributed by atoms with Gasteiger partial charge in [0.05, 0.1) is 18.5 Å². The monoisotopic (exact) mass is 343 g/mol. The Morgan fingerprint density at radius 1 is 1.20 bits per heavy atom. The molecule has 25 heavy (non-hydrogen) atoms. The van der Waals surface area contributed by atoms with E-state index in [4.69, 9.17) is 9.47 Å². The number of nitrogens with zero attached hydrogens (tertiary/aromatic N) is 1. The van der Waals surface area contributed by atoms with Crippen molar-refractivity contribution in [2.75, 3.05) is 13.9 Å². The van der Waals surface area contributed by atoms with Crippen LogP contribution in [-0.4, -0.2) is 30.6 Å². The number of hydrogen-bond acceptors (Lipinski definition) is 7. The molecular formula is C17H13NO7. The molecule has 8 nitrogen and oxygen atoms in total. The normalized spacial score (nSPS) is 11.9. The van der Waals surface area contributed by atoms with Gasteiger partial charge < -0.3 is 14.2 Å². The minimum Gasteiger partial charge on any atom is -0.469 e. The Kier molecular flexibility index (Phi) is 4.34. The van der Waals surface area contributed by atoms with Crippen LogP contribution in [-0.2, 0) is 16.0 Å². The first kappa shape index (κ1) is 16.4. The van der Waals surface area contributed by atoms with Crippen LogP contribution in [0.3, 0.4) is 0 Å². The van der Waals surface area contributed by atoms with E-state index in [9.17, 15) is 19.7 Å². The Morgan fingerprint density at radius 3 is 2.60 bits per heavy atom. The van der Waals surface area contributed by atoms with E-state index in [2.05, 4.69) is 4.74 Å². The second kappa shape index (κ2) is 6.60. The number of benzene rings is 2. The van der Waals surface area contributed by atoms with Crippen molar-refractivity contribution in [2.45, 2.75) is 6.42 Å². The quantitative estimate of drug-likeness (QED) is 0.355. The molecule has 2 aromatic rings. The molecule has 0 aromatic heterocycles. The number of nitro groups is 1. The van der Waals surface area contributed by atoms with Crippen molar-refractivity contribution in [3.05, 3.63) is 63.2 Å². The van der Waals surface area contributed by atoms with Gasteiger partial charge in [-0.25, -0.2) is 0 Å². The number of methoxy groups -OCH3 is 1. The van der Waals surface area contributed by atoms with Crippen molar-refractivity contribution in [1.29, 1.82) is 0 Å². The molecule has 2 aromatic carbocycles. The Labute approximate surface area is 142 Å². The second-order valence-electron chi connectivity index (χ2n) is 5.25. The van der Waals surface area contributed by atoms with Gasteiger partial charge in [-0.1, -0.05) is 12.1 Å². The van der Waals surface area contributed by atoms with Crippen LogP contribution in [0.5, 0.6) is 11.5 Å². The molecule has 0 spiro atoms. The molecule has 0 amide bonds. The number of carbonyl (C=O) groups is 2. The molecule has 0 saturated heterocycles. The Hall–Kier alpha value is -3.42. The van der Waals surface area contributed by atoms with Crippen LogP contribution in [0.1, 0.15) is 21.5 Å². The predicted molar refractivity (Wildman–Crippen MR) is 84.8 cm³/mol. The minimum atomic E-state index is -0.578. The highest BCUT2D eigenvalue weighted by Gasteiger charge is 2.24. The van der Waals surface area contributed by atoms with E-state index in [-0.39, 0.29) is 30.0 Å². The number of esters is 1. The minimum absolute atomic E-state index is 0.0153. The lowest BCUT2D eigenvalue weighted by Gasteiger charge is -2.10. The molecule has 0 saturated carbocycles. The SMILES string of the molecule is COC(=O)Cc1cc2c(cc1C(=O)c1cccc([N+](=O)[O-])c1)OCO2. The first-order valence-electron chi connectivity index (χ1n) is 7.28. The standard InChI is InChI=1S/C17H13NO7/c1-23-16(19)7-11-6-14-15(25-9-24-14)8-13(11)17(20)10-3-2-4-12(5-10)18(21)22/h2-6,8H,7,9H2,1H3. The average Bonchev–Trinajstić information content (AvgIpc) is 3.07. The summed E-state index contributed by atoms with van der Waals surface area (Å²) in [6.07, 6.45) is -0.136. The molecule has 1 aliphatic heterocycles. The maximum atomic E-state index is 12.8. The molecule has 0 radical (unpaired) electrons. The molecule has 0 unspecified atom stereocenters. The van der Waals surface area contributed by atoms with Crippen molar-refractivity contribution in [3.8, 4) is 11.5 Å². The first-order valence-corrected chi connectivity index (χ1v) is 7.28. The van der Waals surface area contributed by atoms with Crippen LogP contribution in [0.2, 0.25) is 0 Å². The highest BCUT2D eigenvalue weighted by molar-refractivity contribution is 6.11. The first-order chi connectivity index (χ1) is 12.0. The zero-order chi connectivity index (χ0) is 18.0. The molecule has 0 N–H and O–H groups in total. The van der Waals surface area contributed by atoms with Gasteiger partial charge in [-0.3, -0.25) is 19.7 Å². The molecule has 8 heteroatoms. The third-order valence-electron chi connectivity index (χ3n) is 3.72. The van der Waals surface area contributed by atoms with Crippen LogP contribution in [0, 0.1) is 10.1 Å². The number of nitro benzene ring substituents is 1. The molecule has 1 aliphatic rings. The number of ketones is 1. The molecule has 3 rings (SSSR count). The van der Waals surface area contributed by atoms with Crippen LogP contribution >= 0.6 is 0 Å². The van der Waals surface area contributed by atoms with Crippen molar-refractivity contribution >= 4 is 17.4 Å². The average molecular weight is 343 g/mol. The van der Waals surface area contributed by atoms with Gasteiger partial charge in [0, 0.05) is 23.3 Å². The van der Waals surface area contributed by atoms with Crippen molar-refractivity contribution in [3.63, 3.8) is 0 Å². The lowest BCUT2D eigenvalue weighted by Crippen LogP contribution is -2.11. The summed E-state index contributed by atoms with van der Waals surface area (Å²) in [6, 6.07) is 8.41. The smallest absolute Gasteiger partial charge is 0.310 e. The Balaban J connectivity index is 2.05. The van der Waals surface area contributed by atoms with E-state index in [1.54, 1.807) is 6.07 Å². The number of fused-ring (bicyclic) bond motifs is 1. The lowest BCUT2D eigenvalue weighted by atomic mass is 9.95. The van der Waals surface area contributed by atoms with E-state index in [1.807, 2.05) is 0 Å². The van der Waals surface area contributed by atoms with Crippen molar-refractivity contribution in [1.82, 2.24) is 0 Å². The van der Waals surface area contributed by atoms with E-state index in [0.717, 1.165) is 0 Å². The Morgan fingerprint density at radius 2 is 1.92 bits per heavy atom. The molecule has 0 atom stereocenters. The maximum Gasteiger partial charge on any atom is 0.310 e. The van der Waals surface area contributed by atoms with Gasteiger partial charge in [-0.2, -0.15) is 0 Å². The molecule has 128 valence electrons. The largest absolute Gasteiger partial charge is 0.469 e. The van der Waals surface area contributed by atoms with Crippen molar-refractivity contribution in [2.24, 2.45) is 0 Å². The van der Waals surface area contributed by atoms with E-state index in [1.165, 1.54) is 37.4 Å². The van der Waals surface area contributed by atoms with E-state index in [0.29, 0.717) is 17.1 Å². The summed E-state index contributed by atoms with van der Waals surface area (Å²) in [5.74, 6) is -0.176. The highest BCUT2D eigenvalue weighted by Crippen LogP contribution is 2.36. The zero-order valence-corrected chi connectivity index (χ0v) is 13.2. The topological polar surface area (TPSA) is 105 Å². The molecule has 0 aliphatic carbocycles. The fraction of sp³-hybridized carbons (Fsp3) is 0.176. The summed E-state index contributed by atoms with van der Waals surface area (Å²) in [7, 11) is 1.25. The molecule has 1 heterocycles. The third kappa shape index (κ3) is 3.27. The molecule has 0 bridgehead atoms. The molecule has 0 fully saturated rings. The van der Waals surface area contributed by atoms with Gasteiger partial charge in [0.1, 0.15) is 0 Å².